The highest BCUT2D eigenvalue weighted by molar-refractivity contribution is 5.95. The molecule has 1 amide bonds. The van der Waals surface area contributed by atoms with Crippen molar-refractivity contribution in [3.8, 4) is 5.75 Å². The number of aliphatic imine (C=N–C) groups is 1. The zero-order valence-corrected chi connectivity index (χ0v) is 15.3. The van der Waals surface area contributed by atoms with Gasteiger partial charge in [-0.2, -0.15) is 0 Å². The molecule has 0 heterocycles. The van der Waals surface area contributed by atoms with E-state index in [1.165, 1.54) is 5.56 Å². The number of guanidine groups is 1. The number of carbonyl (C=O) groups excluding carboxylic acids is 1. The molecule has 0 saturated carbocycles. The van der Waals surface area contributed by atoms with Crippen molar-refractivity contribution >= 4 is 17.6 Å². The zero-order valence-electron chi connectivity index (χ0n) is 15.3. The summed E-state index contributed by atoms with van der Waals surface area (Å²) in [4.78, 5) is 16.2. The minimum Gasteiger partial charge on any atom is -0.492 e. The summed E-state index contributed by atoms with van der Waals surface area (Å²) in [7, 11) is 1.66. The molecule has 3 N–H and O–H groups in total. The fourth-order valence-electron chi connectivity index (χ4n) is 2.31. The number of rotatable bonds is 8. The molecule has 26 heavy (non-hydrogen) atoms. The molecular weight excluding hydrogens is 328 g/mol. The summed E-state index contributed by atoms with van der Waals surface area (Å²) in [6.07, 6.45) is 0.934. The number of anilines is 1. The number of carbonyl (C=O) groups is 1. The van der Waals surface area contributed by atoms with Gasteiger partial charge in [0.1, 0.15) is 12.4 Å². The number of nitrogens with zero attached hydrogens (tertiary/aromatic N) is 1. The van der Waals surface area contributed by atoms with Crippen LogP contribution in [0.5, 0.6) is 5.75 Å². The highest BCUT2D eigenvalue weighted by Gasteiger charge is 2.04. The minimum absolute atomic E-state index is 0.123. The Labute approximate surface area is 154 Å². The van der Waals surface area contributed by atoms with Crippen LogP contribution >= 0.6 is 0 Å². The molecular formula is C20H26N4O2. The van der Waals surface area contributed by atoms with Gasteiger partial charge in [-0.15, -0.1) is 0 Å². The molecule has 0 aliphatic heterocycles. The number of nitrogens with one attached hydrogen (secondary N) is 3. The van der Waals surface area contributed by atoms with Crippen LogP contribution in [-0.2, 0) is 11.2 Å². The third-order valence-corrected chi connectivity index (χ3v) is 3.67. The van der Waals surface area contributed by atoms with Gasteiger partial charge in [-0.25, -0.2) is 0 Å². The molecule has 2 aromatic rings. The van der Waals surface area contributed by atoms with E-state index in [2.05, 4.69) is 27.9 Å². The van der Waals surface area contributed by atoms with E-state index in [1.54, 1.807) is 7.05 Å². The maximum atomic E-state index is 12.1. The van der Waals surface area contributed by atoms with Crippen LogP contribution in [0, 0.1) is 0 Å². The van der Waals surface area contributed by atoms with E-state index >= 15 is 0 Å². The molecule has 0 spiro atoms. The normalized spacial score (nSPS) is 10.9. The lowest BCUT2D eigenvalue weighted by molar-refractivity contribution is -0.115. The number of amides is 1. The first-order valence-electron chi connectivity index (χ1n) is 8.72. The lowest BCUT2D eigenvalue weighted by Gasteiger charge is -2.13. The molecule has 0 aliphatic carbocycles. The predicted octanol–water partition coefficient (Wildman–Crippen LogP) is 2.43. The maximum absolute atomic E-state index is 12.1. The Kier molecular flexibility index (Phi) is 7.99. The molecule has 0 atom stereocenters. The molecule has 0 aliphatic rings. The third kappa shape index (κ3) is 6.84. The molecule has 138 valence electrons. The number of ether oxygens (including phenoxy) is 1. The van der Waals surface area contributed by atoms with Gasteiger partial charge in [-0.3, -0.25) is 9.79 Å². The highest BCUT2D eigenvalue weighted by Crippen LogP contribution is 2.10. The van der Waals surface area contributed by atoms with Crippen LogP contribution in [0.1, 0.15) is 12.5 Å². The van der Waals surface area contributed by atoms with Gasteiger partial charge in [0.2, 0.25) is 5.91 Å². The monoisotopic (exact) mass is 354 g/mol. The van der Waals surface area contributed by atoms with E-state index in [9.17, 15) is 4.79 Å². The Morgan fingerprint density at radius 3 is 2.62 bits per heavy atom. The molecule has 0 radical (unpaired) electrons. The third-order valence-electron chi connectivity index (χ3n) is 3.67. The summed E-state index contributed by atoms with van der Waals surface area (Å²) in [6, 6.07) is 17.5. The first-order valence-corrected chi connectivity index (χ1v) is 8.72. The van der Waals surface area contributed by atoms with Crippen molar-refractivity contribution in [3.05, 3.63) is 60.2 Å². The van der Waals surface area contributed by atoms with Crippen LogP contribution in [0.3, 0.4) is 0 Å². The first-order chi connectivity index (χ1) is 12.7. The number of hydrogen-bond acceptors (Lipinski definition) is 3. The lowest BCUT2D eigenvalue weighted by atomic mass is 10.1. The van der Waals surface area contributed by atoms with Crippen LogP contribution in [-0.4, -0.2) is 38.6 Å². The van der Waals surface area contributed by atoms with E-state index in [4.69, 9.17) is 4.74 Å². The quantitative estimate of drug-likeness (QED) is 0.387. The molecule has 0 aromatic heterocycles. The number of para-hydroxylation sites is 1. The predicted molar refractivity (Wildman–Crippen MR) is 106 cm³/mol. The van der Waals surface area contributed by atoms with E-state index in [-0.39, 0.29) is 12.5 Å². The summed E-state index contributed by atoms with van der Waals surface area (Å²) in [5.41, 5.74) is 1.99. The molecule has 2 aromatic carbocycles. The topological polar surface area (TPSA) is 74.8 Å². The number of hydrogen-bond donors (Lipinski definition) is 3. The summed E-state index contributed by atoms with van der Waals surface area (Å²) in [5.74, 6) is 1.26. The Bertz CT molecular complexity index is 717. The van der Waals surface area contributed by atoms with Gasteiger partial charge in [0.25, 0.3) is 0 Å². The molecule has 0 fully saturated rings. The van der Waals surface area contributed by atoms with Crippen molar-refractivity contribution in [2.45, 2.75) is 13.3 Å². The maximum Gasteiger partial charge on any atom is 0.243 e. The number of benzene rings is 2. The van der Waals surface area contributed by atoms with Gasteiger partial charge in [0.15, 0.2) is 5.96 Å². The lowest BCUT2D eigenvalue weighted by Crippen LogP contribution is -2.42. The zero-order chi connectivity index (χ0) is 18.6. The summed E-state index contributed by atoms with van der Waals surface area (Å²) >= 11 is 0. The summed E-state index contributed by atoms with van der Waals surface area (Å²) < 4.78 is 5.60. The Hall–Kier alpha value is -3.02. The number of aryl methyl sites for hydroxylation is 1. The van der Waals surface area contributed by atoms with E-state index in [0.29, 0.717) is 19.1 Å². The van der Waals surface area contributed by atoms with E-state index < -0.39 is 0 Å². The van der Waals surface area contributed by atoms with Crippen molar-refractivity contribution in [3.63, 3.8) is 0 Å². The summed E-state index contributed by atoms with van der Waals surface area (Å²) in [6.45, 7) is 3.30. The van der Waals surface area contributed by atoms with Crippen molar-refractivity contribution < 1.29 is 9.53 Å². The van der Waals surface area contributed by atoms with E-state index in [1.807, 2.05) is 54.6 Å². The van der Waals surface area contributed by atoms with Crippen LogP contribution in [0.2, 0.25) is 0 Å². The molecule has 0 saturated heterocycles. The van der Waals surface area contributed by atoms with Gasteiger partial charge in [-0.05, 0) is 36.2 Å². The van der Waals surface area contributed by atoms with Gasteiger partial charge < -0.3 is 20.7 Å². The SMILES string of the molecule is CCc1cccc(NC(=O)CNC(=NC)NCCOc2ccccc2)c1. The Morgan fingerprint density at radius 2 is 1.88 bits per heavy atom. The standard InChI is InChI=1S/C20H26N4O2/c1-3-16-8-7-9-17(14-16)24-19(25)15-23-20(21-2)22-12-13-26-18-10-5-4-6-11-18/h4-11,14H,3,12-13,15H2,1-2H3,(H,24,25)(H2,21,22,23). The largest absolute Gasteiger partial charge is 0.492 e. The van der Waals surface area contributed by atoms with E-state index in [0.717, 1.165) is 17.9 Å². The average Bonchev–Trinajstić information content (AvgIpc) is 2.68. The van der Waals surface area contributed by atoms with Gasteiger partial charge in [0, 0.05) is 12.7 Å². The van der Waals surface area contributed by atoms with Crippen LogP contribution in [0.4, 0.5) is 5.69 Å². The van der Waals surface area contributed by atoms with Crippen molar-refractivity contribution in [2.75, 3.05) is 32.1 Å². The van der Waals surface area contributed by atoms with Crippen LogP contribution in [0.25, 0.3) is 0 Å². The van der Waals surface area contributed by atoms with Crippen LogP contribution in [0.15, 0.2) is 59.6 Å². The second-order valence-electron chi connectivity index (χ2n) is 5.62. The minimum atomic E-state index is -0.123. The molecule has 0 bridgehead atoms. The second-order valence-corrected chi connectivity index (χ2v) is 5.62. The fourth-order valence-corrected chi connectivity index (χ4v) is 2.31. The molecule has 6 heteroatoms. The first kappa shape index (κ1) is 19.3. The van der Waals surface area contributed by atoms with Crippen molar-refractivity contribution in [1.29, 1.82) is 0 Å². The average molecular weight is 354 g/mol. The van der Waals surface area contributed by atoms with Crippen molar-refractivity contribution in [2.24, 2.45) is 4.99 Å². The van der Waals surface area contributed by atoms with Gasteiger partial charge in [0.05, 0.1) is 13.1 Å². The highest BCUT2D eigenvalue weighted by atomic mass is 16.5. The van der Waals surface area contributed by atoms with Gasteiger partial charge in [-0.1, -0.05) is 37.3 Å². The summed E-state index contributed by atoms with van der Waals surface area (Å²) in [5, 5.41) is 8.97. The van der Waals surface area contributed by atoms with Gasteiger partial charge >= 0.3 is 0 Å². The van der Waals surface area contributed by atoms with Crippen molar-refractivity contribution in [1.82, 2.24) is 10.6 Å². The Balaban J connectivity index is 1.68. The molecule has 2 rings (SSSR count). The molecule has 0 unspecified atom stereocenters. The molecule has 6 nitrogen and oxygen atoms in total. The second kappa shape index (κ2) is 10.8. The fraction of sp³-hybridized carbons (Fsp3) is 0.300. The van der Waals surface area contributed by atoms with Crippen LogP contribution < -0.4 is 20.7 Å². The smallest absolute Gasteiger partial charge is 0.243 e. The Morgan fingerprint density at radius 1 is 1.08 bits per heavy atom.